The molecule has 4 rings (SSSR count). The number of ketones is 1. The van der Waals surface area contributed by atoms with E-state index in [-0.39, 0.29) is 36.0 Å². The van der Waals surface area contributed by atoms with Crippen molar-refractivity contribution in [2.24, 2.45) is 17.8 Å². The molecule has 3 amide bonds. The van der Waals surface area contributed by atoms with Gasteiger partial charge in [0.05, 0.1) is 25.3 Å². The number of likely N-dealkylation sites (N-methyl/N-ethyl adjacent to an activating group) is 1. The molecule has 15 heteroatoms. The summed E-state index contributed by atoms with van der Waals surface area (Å²) >= 11 is 8.35. The van der Waals surface area contributed by atoms with Crippen LogP contribution in [0.25, 0.3) is 0 Å². The maximum absolute atomic E-state index is 14.2. The van der Waals surface area contributed by atoms with Crippen LogP contribution in [-0.4, -0.2) is 109 Å². The van der Waals surface area contributed by atoms with Crippen molar-refractivity contribution in [1.29, 1.82) is 0 Å². The molecule has 9 atom stereocenters. The van der Waals surface area contributed by atoms with Crippen molar-refractivity contribution in [2.45, 2.75) is 109 Å². The van der Waals surface area contributed by atoms with Gasteiger partial charge in [0, 0.05) is 44.7 Å². The number of nitrogens with one attached hydrogen (secondary N) is 1. The molecule has 0 spiro atoms. The predicted octanol–water partition coefficient (Wildman–Crippen LogP) is 5.48. The van der Waals surface area contributed by atoms with Crippen LogP contribution in [0.3, 0.4) is 0 Å². The highest BCUT2D eigenvalue weighted by Gasteiger charge is 2.64. The van der Waals surface area contributed by atoms with Crippen LogP contribution < -0.4 is 15.0 Å². The number of hydrogen-bond donors (Lipinski definition) is 2. The Kier molecular flexibility index (Phi) is 14.5. The van der Waals surface area contributed by atoms with E-state index < -0.39 is 71.4 Å². The van der Waals surface area contributed by atoms with Crippen LogP contribution >= 0.6 is 23.4 Å². The first-order chi connectivity index (χ1) is 25.8. The monoisotopic (exact) mass is 805 g/mol. The van der Waals surface area contributed by atoms with Crippen LogP contribution in [0.5, 0.6) is 5.75 Å². The summed E-state index contributed by atoms with van der Waals surface area (Å²) in [4.78, 5) is 69.1. The Labute approximate surface area is 333 Å². The van der Waals surface area contributed by atoms with E-state index in [9.17, 15) is 29.1 Å². The van der Waals surface area contributed by atoms with Gasteiger partial charge in [-0.05, 0) is 70.2 Å². The number of esters is 1. The maximum Gasteiger partial charge on any atom is 0.409 e. The molecule has 8 unspecified atom stereocenters. The lowest BCUT2D eigenvalue weighted by molar-refractivity contribution is -0.162. The molecule has 55 heavy (non-hydrogen) atoms. The highest BCUT2D eigenvalue weighted by molar-refractivity contribution is 7.98. The van der Waals surface area contributed by atoms with Gasteiger partial charge in [-0.25, -0.2) is 9.59 Å². The summed E-state index contributed by atoms with van der Waals surface area (Å²) in [6.45, 7) is 10.3. The van der Waals surface area contributed by atoms with Crippen molar-refractivity contribution in [3.05, 3.63) is 46.5 Å². The molecule has 3 heterocycles. The molecule has 3 aliphatic rings. The Hall–Kier alpha value is -3.59. The molecule has 0 aliphatic carbocycles. The first-order valence-corrected chi connectivity index (χ1v) is 20.3. The number of fused-ring (bicyclic) bond motifs is 5. The smallest absolute Gasteiger partial charge is 0.409 e. The third-order valence-corrected chi connectivity index (χ3v) is 12.4. The first kappa shape index (κ1) is 44.1. The van der Waals surface area contributed by atoms with Gasteiger partial charge in [-0.3, -0.25) is 19.7 Å². The molecule has 304 valence electrons. The molecule has 3 aliphatic heterocycles. The second-order valence-corrected chi connectivity index (χ2v) is 16.7. The van der Waals surface area contributed by atoms with Crippen molar-refractivity contribution < 1.29 is 48.0 Å². The van der Waals surface area contributed by atoms with Crippen molar-refractivity contribution in [1.82, 2.24) is 10.2 Å². The fourth-order valence-electron chi connectivity index (χ4n) is 7.19. The number of halogens is 1. The third-order valence-electron chi connectivity index (χ3n) is 11.3. The fraction of sp³-hybridized carbons (Fsp3) is 0.625. The lowest BCUT2D eigenvalue weighted by Gasteiger charge is -2.41. The lowest BCUT2D eigenvalue weighted by Crippen LogP contribution is -2.60. The summed E-state index contributed by atoms with van der Waals surface area (Å²) in [6, 6.07) is 2.54. The average molecular weight is 806 g/mol. The van der Waals surface area contributed by atoms with Crippen molar-refractivity contribution in [2.75, 3.05) is 38.1 Å². The zero-order valence-electron chi connectivity index (χ0n) is 33.5. The molecule has 2 saturated heterocycles. The summed E-state index contributed by atoms with van der Waals surface area (Å²) in [5, 5.41) is 14.5. The van der Waals surface area contributed by atoms with E-state index >= 15 is 0 Å². The van der Waals surface area contributed by atoms with Gasteiger partial charge in [-0.15, -0.1) is 0 Å². The quantitative estimate of drug-likeness (QED) is 0.227. The van der Waals surface area contributed by atoms with Crippen molar-refractivity contribution in [3.8, 4) is 5.75 Å². The average Bonchev–Trinajstić information content (AvgIpc) is 3.83. The zero-order chi connectivity index (χ0) is 41.0. The maximum atomic E-state index is 14.2. The van der Waals surface area contributed by atoms with Crippen molar-refractivity contribution >= 4 is 58.7 Å². The number of thioether (sulfide) groups is 1. The Bertz CT molecular complexity index is 1700. The number of hydrogen-bond acceptors (Lipinski definition) is 11. The van der Waals surface area contributed by atoms with Crippen LogP contribution in [0.2, 0.25) is 5.02 Å². The molecule has 2 N–H and O–H groups in total. The number of amides is 3. The molecular weight excluding hydrogens is 750 g/mol. The summed E-state index contributed by atoms with van der Waals surface area (Å²) in [7, 11) is 4.54. The number of Topliss-reactive ketones (excluding diaryl/α,β-unsaturated/α-hetero) is 1. The number of benzene rings is 1. The number of nitrogens with zero attached hydrogens (tertiary/aromatic N) is 2. The third kappa shape index (κ3) is 10.2. The van der Waals surface area contributed by atoms with E-state index in [1.54, 1.807) is 44.8 Å². The minimum atomic E-state index is -1.63. The number of anilines is 1. The molecule has 2 fully saturated rings. The van der Waals surface area contributed by atoms with Crippen LogP contribution in [-0.2, 0) is 39.8 Å². The van der Waals surface area contributed by atoms with Gasteiger partial charge in [0.25, 0.3) is 0 Å². The van der Waals surface area contributed by atoms with Crippen LogP contribution in [0.15, 0.2) is 35.9 Å². The Morgan fingerprint density at radius 3 is 2.56 bits per heavy atom. The van der Waals surface area contributed by atoms with Gasteiger partial charge in [-0.1, -0.05) is 49.2 Å². The molecule has 0 saturated carbocycles. The number of alkyl carbamates (subject to hydrolysis) is 1. The SMILES string of the molecule is COc1cc2cc(c1Cl)N(C)C(=O)CC(OC(=O)[C@H](C)N(C)C(=O)CC(CCSC)C(C)=O)C1(C)OC1C(C)C1CC(O)(NC(=O)O1)C(C)/C=C/C=C(\C)C2. The van der Waals surface area contributed by atoms with Gasteiger partial charge < -0.3 is 33.9 Å². The molecular formula is C40H56ClN3O10S. The summed E-state index contributed by atoms with van der Waals surface area (Å²) in [5.74, 6) is -2.10. The van der Waals surface area contributed by atoms with Gasteiger partial charge in [0.1, 0.15) is 46.1 Å². The highest BCUT2D eigenvalue weighted by Crippen LogP contribution is 2.49. The Balaban J connectivity index is 1.71. The van der Waals surface area contributed by atoms with E-state index in [4.69, 9.17) is 30.5 Å². The topological polar surface area (TPSA) is 164 Å². The van der Waals surface area contributed by atoms with Gasteiger partial charge in [0.2, 0.25) is 11.8 Å². The summed E-state index contributed by atoms with van der Waals surface area (Å²) < 4.78 is 23.6. The van der Waals surface area contributed by atoms with E-state index in [0.29, 0.717) is 30.0 Å². The number of ether oxygens (including phenoxy) is 4. The number of methoxy groups -OCH3 is 1. The minimum absolute atomic E-state index is 0.0441. The first-order valence-electron chi connectivity index (χ1n) is 18.6. The van der Waals surface area contributed by atoms with Gasteiger partial charge in [-0.2, -0.15) is 11.8 Å². The molecule has 13 nitrogen and oxygen atoms in total. The summed E-state index contributed by atoms with van der Waals surface area (Å²) in [6.07, 6.45) is 4.79. The predicted molar refractivity (Wildman–Crippen MR) is 211 cm³/mol. The zero-order valence-corrected chi connectivity index (χ0v) is 35.0. The highest BCUT2D eigenvalue weighted by atomic mass is 35.5. The standard InChI is InChI=1S/C40H56ClN3O10S/c1-22-12-11-13-23(2)40(50)21-31(52-38(49)42-40)24(3)36-39(6,54-36)32(20-34(47)44(8)29-17-27(16-22)18-30(51-9)35(29)41)53-37(48)25(4)43(7)33(46)19-28(26(5)45)14-15-55-10/h11-13,17-18,23-25,28,31-32,36,50H,14-16,19-21H2,1-10H3,(H,42,49)/b13-11+,22-12+/t23?,24?,25-,28?,31?,32?,36?,39?,40?/m0/s1. The van der Waals surface area contributed by atoms with E-state index in [0.717, 1.165) is 11.1 Å². The summed E-state index contributed by atoms with van der Waals surface area (Å²) in [5.41, 5.74) is -0.681. The number of carbonyl (C=O) groups excluding carboxylic acids is 5. The molecule has 4 bridgehead atoms. The molecule has 0 aromatic heterocycles. The Morgan fingerprint density at radius 1 is 1.24 bits per heavy atom. The van der Waals surface area contributed by atoms with Gasteiger partial charge in [0.15, 0.2) is 0 Å². The number of epoxide rings is 1. The van der Waals surface area contributed by atoms with E-state index in [1.807, 2.05) is 38.3 Å². The number of allylic oxidation sites excluding steroid dienone is 3. The molecule has 0 radical (unpaired) electrons. The number of rotatable bonds is 10. The van der Waals surface area contributed by atoms with Crippen molar-refractivity contribution in [3.63, 3.8) is 0 Å². The van der Waals surface area contributed by atoms with E-state index in [2.05, 4.69) is 5.32 Å². The molecule has 1 aromatic carbocycles. The fourth-order valence-corrected chi connectivity index (χ4v) is 8.02. The van der Waals surface area contributed by atoms with Crippen LogP contribution in [0.4, 0.5) is 10.5 Å². The second-order valence-electron chi connectivity index (χ2n) is 15.3. The minimum Gasteiger partial charge on any atom is -0.495 e. The van der Waals surface area contributed by atoms with Gasteiger partial charge >= 0.3 is 12.1 Å². The van der Waals surface area contributed by atoms with E-state index in [1.165, 1.54) is 37.8 Å². The second kappa shape index (κ2) is 18.1. The largest absolute Gasteiger partial charge is 0.495 e. The Morgan fingerprint density at radius 2 is 1.93 bits per heavy atom. The van der Waals surface area contributed by atoms with Crippen LogP contribution in [0, 0.1) is 17.8 Å². The number of carbonyl (C=O) groups is 5. The molecule has 1 aromatic rings. The lowest BCUT2D eigenvalue weighted by atomic mass is 9.82. The normalized spacial score (nSPS) is 31.0. The van der Waals surface area contributed by atoms with Crippen LogP contribution in [0.1, 0.15) is 72.8 Å². The number of aliphatic hydroxyl groups is 1.